The SMILES string of the molecule is CC1(C)N(c2ccccc2)c2ccc3c4c2N1c1cccc2c1B4c1c(cccc1N3c1ccccc1)O2. The van der Waals surface area contributed by atoms with Crippen molar-refractivity contribution in [2.75, 3.05) is 14.7 Å². The Morgan fingerprint density at radius 2 is 1.11 bits per heavy atom. The topological polar surface area (TPSA) is 19.0 Å². The van der Waals surface area contributed by atoms with E-state index >= 15 is 0 Å². The van der Waals surface area contributed by atoms with E-state index in [4.69, 9.17) is 4.74 Å². The number of fused-ring (bicyclic) bond motifs is 1. The lowest BCUT2D eigenvalue weighted by molar-refractivity contribution is 0.486. The maximum absolute atomic E-state index is 6.66. The van der Waals surface area contributed by atoms with Gasteiger partial charge >= 0.3 is 0 Å². The molecule has 0 unspecified atom stereocenters. The molecule has 0 aliphatic carbocycles. The maximum Gasteiger partial charge on any atom is 0.261 e. The van der Waals surface area contributed by atoms with Gasteiger partial charge in [-0.3, -0.25) is 0 Å². The summed E-state index contributed by atoms with van der Waals surface area (Å²) in [7, 11) is 0. The quantitative estimate of drug-likeness (QED) is 0.261. The highest BCUT2D eigenvalue weighted by atomic mass is 16.5. The van der Waals surface area contributed by atoms with E-state index in [2.05, 4.69) is 138 Å². The first kappa shape index (κ1) is 20.4. The Balaban J connectivity index is 1.43. The van der Waals surface area contributed by atoms with Crippen molar-refractivity contribution in [2.45, 2.75) is 19.5 Å². The highest BCUT2D eigenvalue weighted by Gasteiger charge is 2.55. The molecule has 0 saturated heterocycles. The van der Waals surface area contributed by atoms with E-state index in [1.54, 1.807) is 0 Å². The number of benzene rings is 5. The summed E-state index contributed by atoms with van der Waals surface area (Å²) in [5, 5.41) is 0. The highest BCUT2D eigenvalue weighted by Crippen LogP contribution is 2.56. The molecule has 0 spiro atoms. The summed E-state index contributed by atoms with van der Waals surface area (Å²) in [5.41, 5.74) is 12.1. The average Bonchev–Trinajstić information content (AvgIpc) is 3.20. The van der Waals surface area contributed by atoms with Gasteiger partial charge in [0.2, 0.25) is 0 Å². The zero-order chi connectivity index (χ0) is 25.2. The zero-order valence-corrected chi connectivity index (χ0v) is 21.2. The average molecular weight is 489 g/mol. The molecule has 5 aromatic carbocycles. The van der Waals surface area contributed by atoms with Gasteiger partial charge in [0.15, 0.2) is 0 Å². The second-order valence-electron chi connectivity index (χ2n) is 11.0. The van der Waals surface area contributed by atoms with Crippen molar-refractivity contribution >= 4 is 62.9 Å². The Morgan fingerprint density at radius 1 is 0.526 bits per heavy atom. The van der Waals surface area contributed by atoms with Crippen molar-refractivity contribution in [1.82, 2.24) is 0 Å². The highest BCUT2D eigenvalue weighted by molar-refractivity contribution is 7.01. The first-order chi connectivity index (χ1) is 18.6. The van der Waals surface area contributed by atoms with Crippen LogP contribution < -0.4 is 35.8 Å². The molecule has 0 fully saturated rings. The van der Waals surface area contributed by atoms with E-state index in [9.17, 15) is 0 Å². The summed E-state index contributed by atoms with van der Waals surface area (Å²) >= 11 is 0. The number of rotatable bonds is 2. The van der Waals surface area contributed by atoms with Gasteiger partial charge in [-0.2, -0.15) is 0 Å². The smallest absolute Gasteiger partial charge is 0.261 e. The first-order valence-electron chi connectivity index (χ1n) is 13.3. The van der Waals surface area contributed by atoms with E-state index in [0.717, 1.165) is 17.2 Å². The van der Waals surface area contributed by atoms with Crippen molar-refractivity contribution in [3.63, 3.8) is 0 Å². The Morgan fingerprint density at radius 3 is 1.82 bits per heavy atom. The largest absolute Gasteiger partial charge is 0.458 e. The van der Waals surface area contributed by atoms with Crippen molar-refractivity contribution in [2.24, 2.45) is 0 Å². The number of nitrogens with zero attached hydrogens (tertiary/aromatic N) is 3. The molecule has 0 aromatic heterocycles. The minimum absolute atomic E-state index is 0.119. The third kappa shape index (κ3) is 2.29. The summed E-state index contributed by atoms with van der Waals surface area (Å²) < 4.78 is 6.66. The van der Waals surface area contributed by atoms with Crippen LogP contribution in [-0.4, -0.2) is 12.4 Å². The van der Waals surface area contributed by atoms with E-state index in [1.807, 2.05) is 0 Å². The molecule has 9 rings (SSSR count). The molecule has 4 nitrogen and oxygen atoms in total. The van der Waals surface area contributed by atoms with Crippen LogP contribution in [0.2, 0.25) is 0 Å². The van der Waals surface area contributed by atoms with Gasteiger partial charge in [-0.25, -0.2) is 0 Å². The molecule has 4 heterocycles. The van der Waals surface area contributed by atoms with Crippen LogP contribution in [-0.2, 0) is 0 Å². The van der Waals surface area contributed by atoms with Gasteiger partial charge in [-0.05, 0) is 90.9 Å². The number of hydrogen-bond donors (Lipinski definition) is 0. The molecule has 4 aliphatic heterocycles. The fourth-order valence-corrected chi connectivity index (χ4v) is 7.35. The van der Waals surface area contributed by atoms with Crippen LogP contribution in [0.4, 0.5) is 39.8 Å². The predicted molar refractivity (Wildman–Crippen MR) is 157 cm³/mol. The molecule has 180 valence electrons. The fraction of sp³-hybridized carbons (Fsp3) is 0.0909. The third-order valence-electron chi connectivity index (χ3n) is 8.66. The van der Waals surface area contributed by atoms with Crippen molar-refractivity contribution in [3.05, 3.63) is 109 Å². The summed E-state index contributed by atoms with van der Waals surface area (Å²) in [6.07, 6.45) is 0. The van der Waals surface area contributed by atoms with Gasteiger partial charge in [0, 0.05) is 28.4 Å². The Labute approximate surface area is 222 Å². The number of hydrogen-bond acceptors (Lipinski definition) is 4. The predicted octanol–water partition coefficient (Wildman–Crippen LogP) is 6.43. The summed E-state index contributed by atoms with van der Waals surface area (Å²) in [4.78, 5) is 7.47. The number of ether oxygens (including phenoxy) is 1. The maximum atomic E-state index is 6.66. The van der Waals surface area contributed by atoms with Gasteiger partial charge in [-0.15, -0.1) is 0 Å². The van der Waals surface area contributed by atoms with E-state index in [-0.39, 0.29) is 12.4 Å². The Kier molecular flexibility index (Phi) is 3.66. The van der Waals surface area contributed by atoms with Crippen molar-refractivity contribution < 1.29 is 4.74 Å². The standard InChI is InChI=1S/C33H24BN3O/c1-33(2)36(22-13-7-4-8-14-22)26-20-19-24-31-32(26)37(33)25-16-10-18-28-30(25)34(31)29-23(15-9-17-27(29)38-28)35(24)21-11-5-3-6-12-21/h3-20H,1-2H3. The van der Waals surface area contributed by atoms with Gasteiger partial charge in [0.25, 0.3) is 6.71 Å². The van der Waals surface area contributed by atoms with E-state index in [0.29, 0.717) is 0 Å². The van der Waals surface area contributed by atoms with E-state index in [1.165, 1.54) is 50.5 Å². The monoisotopic (exact) mass is 489 g/mol. The third-order valence-corrected chi connectivity index (χ3v) is 8.66. The van der Waals surface area contributed by atoms with Crippen LogP contribution >= 0.6 is 0 Å². The lowest BCUT2D eigenvalue weighted by Crippen LogP contribution is -2.65. The van der Waals surface area contributed by atoms with Crippen LogP contribution in [0.15, 0.2) is 109 Å². The zero-order valence-electron chi connectivity index (χ0n) is 21.2. The molecule has 0 atom stereocenters. The number of anilines is 7. The van der Waals surface area contributed by atoms with Crippen LogP contribution in [0.5, 0.6) is 11.5 Å². The molecule has 0 radical (unpaired) electrons. The van der Waals surface area contributed by atoms with Crippen LogP contribution in [0.3, 0.4) is 0 Å². The van der Waals surface area contributed by atoms with Crippen molar-refractivity contribution in [3.8, 4) is 11.5 Å². The number of para-hydroxylation sites is 2. The second kappa shape index (κ2) is 6.81. The molecule has 0 amide bonds. The lowest BCUT2D eigenvalue weighted by atomic mass is 9.32. The van der Waals surface area contributed by atoms with E-state index < -0.39 is 0 Å². The molecule has 0 N–H and O–H groups in total. The van der Waals surface area contributed by atoms with Crippen LogP contribution in [0, 0.1) is 0 Å². The molecule has 5 heteroatoms. The van der Waals surface area contributed by atoms with Gasteiger partial charge in [0.05, 0.1) is 11.4 Å². The van der Waals surface area contributed by atoms with Crippen LogP contribution in [0.25, 0.3) is 0 Å². The normalized spacial score (nSPS) is 16.4. The molecule has 5 aromatic rings. The molecule has 0 saturated carbocycles. The fourth-order valence-electron chi connectivity index (χ4n) is 7.35. The molecule has 4 aliphatic rings. The molecular formula is C33H24BN3O. The summed E-state index contributed by atoms with van der Waals surface area (Å²) in [6.45, 7) is 4.77. The van der Waals surface area contributed by atoms with Crippen molar-refractivity contribution in [1.29, 1.82) is 0 Å². The lowest BCUT2D eigenvalue weighted by Gasteiger charge is -2.47. The summed E-state index contributed by atoms with van der Waals surface area (Å²) in [5.74, 6) is 1.91. The van der Waals surface area contributed by atoms with Gasteiger partial charge in [-0.1, -0.05) is 48.5 Å². The molecular weight excluding hydrogens is 465 g/mol. The second-order valence-corrected chi connectivity index (χ2v) is 11.0. The van der Waals surface area contributed by atoms with Gasteiger partial charge < -0.3 is 19.4 Å². The summed E-state index contributed by atoms with van der Waals surface area (Å²) in [6, 6.07) is 39.2. The minimum atomic E-state index is -0.326. The Bertz CT molecular complexity index is 1800. The first-order valence-corrected chi connectivity index (χ1v) is 13.3. The molecule has 38 heavy (non-hydrogen) atoms. The Hall–Kier alpha value is -4.64. The molecule has 0 bridgehead atoms. The van der Waals surface area contributed by atoms with Crippen LogP contribution in [0.1, 0.15) is 13.8 Å². The minimum Gasteiger partial charge on any atom is -0.458 e. The van der Waals surface area contributed by atoms with Gasteiger partial charge in [0.1, 0.15) is 17.2 Å².